The molecule has 0 radical (unpaired) electrons. The number of likely N-dealkylation sites (tertiary alicyclic amines) is 1. The Morgan fingerprint density at radius 2 is 1.91 bits per heavy atom. The van der Waals surface area contributed by atoms with E-state index in [0.717, 1.165) is 24.1 Å². The van der Waals surface area contributed by atoms with Crippen molar-refractivity contribution in [3.63, 3.8) is 0 Å². The molecule has 1 saturated heterocycles. The highest BCUT2D eigenvalue weighted by Gasteiger charge is 2.29. The van der Waals surface area contributed by atoms with Gasteiger partial charge in [0, 0.05) is 18.8 Å². The molecule has 5 heteroatoms. The molecule has 1 aromatic heterocycles. The van der Waals surface area contributed by atoms with Gasteiger partial charge in [-0.1, -0.05) is 30.3 Å². The van der Waals surface area contributed by atoms with Crippen LogP contribution in [-0.2, 0) is 0 Å². The van der Waals surface area contributed by atoms with Gasteiger partial charge in [0.1, 0.15) is 12.0 Å². The normalized spacial score (nSPS) is 17.0. The van der Waals surface area contributed by atoms with E-state index in [-0.39, 0.29) is 11.8 Å². The summed E-state index contributed by atoms with van der Waals surface area (Å²) in [6, 6.07) is 11.4. The van der Waals surface area contributed by atoms with E-state index in [1.807, 2.05) is 42.2 Å². The predicted molar refractivity (Wildman–Crippen MR) is 86.8 cm³/mol. The number of nitrogens with zero attached hydrogens (tertiary/aromatic N) is 3. The summed E-state index contributed by atoms with van der Waals surface area (Å²) < 4.78 is 0. The van der Waals surface area contributed by atoms with Crippen molar-refractivity contribution in [1.29, 1.82) is 0 Å². The monoisotopic (exact) mass is 311 g/mol. The number of piperidine rings is 1. The molecule has 1 aliphatic heterocycles. The maximum Gasteiger partial charge on any atom is 0.272 e. The topological polar surface area (TPSA) is 66.3 Å². The van der Waals surface area contributed by atoms with Crippen LogP contribution >= 0.6 is 0 Å². The minimum Gasteiger partial charge on any atom is -0.388 e. The summed E-state index contributed by atoms with van der Waals surface area (Å²) in [4.78, 5) is 22.4. The van der Waals surface area contributed by atoms with Gasteiger partial charge in [0.2, 0.25) is 0 Å². The second-order valence-electron chi connectivity index (χ2n) is 6.03. The molecule has 1 fully saturated rings. The van der Waals surface area contributed by atoms with Crippen molar-refractivity contribution in [2.75, 3.05) is 13.1 Å². The number of benzene rings is 1. The fourth-order valence-electron chi connectivity index (χ4n) is 3.07. The van der Waals surface area contributed by atoms with Crippen LogP contribution in [0.5, 0.6) is 0 Å². The first kappa shape index (κ1) is 15.6. The van der Waals surface area contributed by atoms with Gasteiger partial charge in [-0.15, -0.1) is 0 Å². The van der Waals surface area contributed by atoms with E-state index in [1.165, 1.54) is 6.33 Å². The van der Waals surface area contributed by atoms with E-state index < -0.39 is 6.10 Å². The molecule has 0 aliphatic carbocycles. The van der Waals surface area contributed by atoms with Gasteiger partial charge in [0.25, 0.3) is 5.91 Å². The number of carbonyl (C=O) groups excluding carboxylic acids is 1. The minimum atomic E-state index is -0.463. The molecule has 1 N–H and O–H groups in total. The summed E-state index contributed by atoms with van der Waals surface area (Å²) in [6.07, 6.45) is 2.56. The minimum absolute atomic E-state index is 0.0526. The van der Waals surface area contributed by atoms with Crippen LogP contribution in [0.4, 0.5) is 0 Å². The van der Waals surface area contributed by atoms with Gasteiger partial charge in [0.05, 0.1) is 6.10 Å². The summed E-state index contributed by atoms with van der Waals surface area (Å²) >= 11 is 0. The maximum absolute atomic E-state index is 12.5. The third kappa shape index (κ3) is 3.56. The number of amides is 1. The van der Waals surface area contributed by atoms with Crippen molar-refractivity contribution in [3.05, 3.63) is 59.7 Å². The largest absolute Gasteiger partial charge is 0.388 e. The number of aliphatic hydroxyl groups is 1. The number of carbonyl (C=O) groups is 1. The van der Waals surface area contributed by atoms with Gasteiger partial charge >= 0.3 is 0 Å². The molecular weight excluding hydrogens is 290 g/mol. The molecule has 2 heterocycles. The Kier molecular flexibility index (Phi) is 4.67. The molecule has 23 heavy (non-hydrogen) atoms. The Bertz CT molecular complexity index is 667. The lowest BCUT2D eigenvalue weighted by Gasteiger charge is -2.34. The van der Waals surface area contributed by atoms with Gasteiger partial charge in [-0.3, -0.25) is 4.79 Å². The average Bonchev–Trinajstić information content (AvgIpc) is 2.61. The zero-order valence-corrected chi connectivity index (χ0v) is 13.2. The lowest BCUT2D eigenvalue weighted by Crippen LogP contribution is -2.40. The summed E-state index contributed by atoms with van der Waals surface area (Å²) in [5.74, 6) is 0.136. The number of aryl methyl sites for hydroxylation is 1. The van der Waals surface area contributed by atoms with Crippen LogP contribution in [0.3, 0.4) is 0 Å². The van der Waals surface area contributed by atoms with Crippen LogP contribution in [0.1, 0.15) is 40.7 Å². The maximum atomic E-state index is 12.5. The molecule has 2 aromatic rings. The van der Waals surface area contributed by atoms with E-state index in [4.69, 9.17) is 0 Å². The lowest BCUT2D eigenvalue weighted by molar-refractivity contribution is 0.0458. The van der Waals surface area contributed by atoms with Crippen molar-refractivity contribution < 1.29 is 9.90 Å². The van der Waals surface area contributed by atoms with Gasteiger partial charge in [0.15, 0.2) is 0 Å². The summed E-state index contributed by atoms with van der Waals surface area (Å²) in [5, 5.41) is 10.5. The summed E-state index contributed by atoms with van der Waals surface area (Å²) in [5.41, 5.74) is 2.18. The molecule has 1 atom stereocenters. The third-order valence-electron chi connectivity index (χ3n) is 4.44. The first-order chi connectivity index (χ1) is 11.1. The van der Waals surface area contributed by atoms with Gasteiger partial charge in [-0.2, -0.15) is 0 Å². The smallest absolute Gasteiger partial charge is 0.272 e. The highest BCUT2D eigenvalue weighted by Crippen LogP contribution is 2.30. The molecule has 1 amide bonds. The molecule has 1 aliphatic rings. The number of aliphatic hydroxyl groups excluding tert-OH is 1. The van der Waals surface area contributed by atoms with Crippen LogP contribution in [0.15, 0.2) is 42.7 Å². The van der Waals surface area contributed by atoms with Crippen LogP contribution < -0.4 is 0 Å². The number of hydrogen-bond acceptors (Lipinski definition) is 4. The third-order valence-corrected chi connectivity index (χ3v) is 4.44. The van der Waals surface area contributed by atoms with Crippen molar-refractivity contribution in [2.24, 2.45) is 5.92 Å². The van der Waals surface area contributed by atoms with Crippen LogP contribution in [0.25, 0.3) is 0 Å². The zero-order chi connectivity index (χ0) is 16.2. The Labute approximate surface area is 136 Å². The predicted octanol–water partition coefficient (Wildman–Crippen LogP) is 2.37. The second-order valence-corrected chi connectivity index (χ2v) is 6.03. The standard InChI is InChI=1S/C18H21N3O2/c1-13-11-16(20-12-19-13)18(23)21-9-7-15(8-10-21)17(22)14-5-3-2-4-6-14/h2-6,11-12,15,17,22H,7-10H2,1H3. The molecule has 120 valence electrons. The van der Waals surface area contributed by atoms with Crippen molar-refractivity contribution in [1.82, 2.24) is 14.9 Å². The molecule has 0 spiro atoms. The Morgan fingerprint density at radius 1 is 1.22 bits per heavy atom. The Balaban J connectivity index is 1.61. The molecular formula is C18H21N3O2. The average molecular weight is 311 g/mol. The summed E-state index contributed by atoms with van der Waals surface area (Å²) in [6.45, 7) is 3.15. The number of hydrogen-bond donors (Lipinski definition) is 1. The fraction of sp³-hybridized carbons (Fsp3) is 0.389. The fourth-order valence-corrected chi connectivity index (χ4v) is 3.07. The number of rotatable bonds is 3. The van der Waals surface area contributed by atoms with E-state index >= 15 is 0 Å². The Morgan fingerprint density at radius 3 is 2.57 bits per heavy atom. The second kappa shape index (κ2) is 6.87. The van der Waals surface area contributed by atoms with Crippen molar-refractivity contribution in [2.45, 2.75) is 25.9 Å². The zero-order valence-electron chi connectivity index (χ0n) is 13.2. The van der Waals surface area contributed by atoms with E-state index in [2.05, 4.69) is 9.97 Å². The van der Waals surface area contributed by atoms with Gasteiger partial charge in [-0.05, 0) is 37.3 Å². The first-order valence-corrected chi connectivity index (χ1v) is 7.96. The Hall–Kier alpha value is -2.27. The SMILES string of the molecule is Cc1cc(C(=O)N2CCC(C(O)c3ccccc3)CC2)ncn1. The molecule has 1 unspecified atom stereocenters. The quantitative estimate of drug-likeness (QED) is 0.945. The molecule has 0 saturated carbocycles. The first-order valence-electron chi connectivity index (χ1n) is 7.96. The highest BCUT2D eigenvalue weighted by molar-refractivity contribution is 5.92. The molecule has 1 aromatic carbocycles. The van der Waals surface area contributed by atoms with Crippen LogP contribution in [-0.4, -0.2) is 39.0 Å². The van der Waals surface area contributed by atoms with E-state index in [1.54, 1.807) is 6.07 Å². The molecule has 3 rings (SSSR count). The lowest BCUT2D eigenvalue weighted by atomic mass is 9.87. The molecule has 5 nitrogen and oxygen atoms in total. The molecule has 0 bridgehead atoms. The van der Waals surface area contributed by atoms with E-state index in [0.29, 0.717) is 18.8 Å². The van der Waals surface area contributed by atoms with Gasteiger partial charge < -0.3 is 10.0 Å². The highest BCUT2D eigenvalue weighted by atomic mass is 16.3. The van der Waals surface area contributed by atoms with Gasteiger partial charge in [-0.25, -0.2) is 9.97 Å². The number of aromatic nitrogens is 2. The van der Waals surface area contributed by atoms with E-state index in [9.17, 15) is 9.90 Å². The van der Waals surface area contributed by atoms with Crippen LogP contribution in [0, 0.1) is 12.8 Å². The van der Waals surface area contributed by atoms with Crippen molar-refractivity contribution in [3.8, 4) is 0 Å². The summed E-state index contributed by atoms with van der Waals surface area (Å²) in [7, 11) is 0. The van der Waals surface area contributed by atoms with Crippen molar-refractivity contribution >= 4 is 5.91 Å². The van der Waals surface area contributed by atoms with Crippen LogP contribution in [0.2, 0.25) is 0 Å².